The maximum Gasteiger partial charge on any atom is 0.328 e. The number of aliphatic carboxylic acids is 1. The first-order chi connectivity index (χ1) is 7.53. The molecule has 1 saturated carbocycles. The van der Waals surface area contributed by atoms with E-state index in [9.17, 15) is 9.59 Å². The predicted octanol–water partition coefficient (Wildman–Crippen LogP) is -0.933. The SMILES string of the molecule is NCC1(CC(=O)N[C@@H](CO)C(=O)O)CCC1. The van der Waals surface area contributed by atoms with Gasteiger partial charge in [0.05, 0.1) is 6.61 Å². The molecule has 92 valence electrons. The van der Waals surface area contributed by atoms with Crippen molar-refractivity contribution in [3.05, 3.63) is 0 Å². The molecule has 0 aromatic rings. The van der Waals surface area contributed by atoms with Crippen molar-refractivity contribution in [1.29, 1.82) is 0 Å². The summed E-state index contributed by atoms with van der Waals surface area (Å²) in [6.07, 6.45) is 3.13. The minimum absolute atomic E-state index is 0.150. The molecule has 6 heteroatoms. The fraction of sp³-hybridized carbons (Fsp3) is 0.800. The van der Waals surface area contributed by atoms with Gasteiger partial charge in [-0.1, -0.05) is 6.42 Å². The lowest BCUT2D eigenvalue weighted by Crippen LogP contribution is -2.47. The molecule has 1 amide bonds. The van der Waals surface area contributed by atoms with E-state index in [1.807, 2.05) is 0 Å². The predicted molar refractivity (Wildman–Crippen MR) is 56.6 cm³/mol. The molecule has 1 fully saturated rings. The van der Waals surface area contributed by atoms with E-state index in [4.69, 9.17) is 15.9 Å². The number of aliphatic hydroxyl groups excluding tert-OH is 1. The van der Waals surface area contributed by atoms with E-state index in [1.54, 1.807) is 0 Å². The third-order valence-electron chi connectivity index (χ3n) is 3.20. The number of carbonyl (C=O) groups excluding carboxylic acids is 1. The van der Waals surface area contributed by atoms with E-state index in [-0.39, 0.29) is 17.7 Å². The van der Waals surface area contributed by atoms with Gasteiger partial charge < -0.3 is 21.3 Å². The molecule has 16 heavy (non-hydrogen) atoms. The standard InChI is InChI=1S/C10H18N2O4/c11-6-10(2-1-3-10)4-8(14)12-7(5-13)9(15)16/h7,13H,1-6,11H2,(H,12,14)(H,15,16)/t7-/m0/s1. The Bertz CT molecular complexity index is 270. The van der Waals surface area contributed by atoms with Crippen LogP contribution >= 0.6 is 0 Å². The molecular weight excluding hydrogens is 212 g/mol. The monoisotopic (exact) mass is 230 g/mol. The molecule has 1 aliphatic carbocycles. The van der Waals surface area contributed by atoms with Crippen LogP contribution in [-0.2, 0) is 9.59 Å². The maximum atomic E-state index is 11.5. The van der Waals surface area contributed by atoms with Crippen LogP contribution < -0.4 is 11.1 Å². The third kappa shape index (κ3) is 2.93. The summed E-state index contributed by atoms with van der Waals surface area (Å²) in [5, 5.41) is 19.7. The molecule has 0 bridgehead atoms. The zero-order valence-corrected chi connectivity index (χ0v) is 9.11. The summed E-state index contributed by atoms with van der Waals surface area (Å²) in [7, 11) is 0. The van der Waals surface area contributed by atoms with Crippen LogP contribution in [-0.4, -0.2) is 41.3 Å². The van der Waals surface area contributed by atoms with Crippen molar-refractivity contribution < 1.29 is 19.8 Å². The lowest BCUT2D eigenvalue weighted by molar-refractivity contribution is -0.143. The number of nitrogens with two attached hydrogens (primary N) is 1. The number of rotatable bonds is 6. The molecule has 1 aliphatic rings. The highest BCUT2D eigenvalue weighted by atomic mass is 16.4. The number of hydrogen-bond donors (Lipinski definition) is 4. The first kappa shape index (κ1) is 12.9. The average molecular weight is 230 g/mol. The first-order valence-electron chi connectivity index (χ1n) is 5.36. The summed E-state index contributed by atoms with van der Waals surface area (Å²) in [6.45, 7) is -0.159. The van der Waals surface area contributed by atoms with Gasteiger partial charge in [-0.05, 0) is 24.8 Å². The Hall–Kier alpha value is -1.14. The number of aliphatic hydroxyl groups is 1. The van der Waals surface area contributed by atoms with Crippen molar-refractivity contribution in [2.75, 3.05) is 13.2 Å². The van der Waals surface area contributed by atoms with Gasteiger partial charge in [0.25, 0.3) is 0 Å². The van der Waals surface area contributed by atoms with Crippen LogP contribution in [0.4, 0.5) is 0 Å². The van der Waals surface area contributed by atoms with Crippen LogP contribution in [0, 0.1) is 5.41 Å². The van der Waals surface area contributed by atoms with Crippen molar-refractivity contribution in [2.45, 2.75) is 31.7 Å². The molecule has 0 aliphatic heterocycles. The van der Waals surface area contributed by atoms with Gasteiger partial charge in [-0.3, -0.25) is 4.79 Å². The Labute approximate surface area is 93.8 Å². The van der Waals surface area contributed by atoms with E-state index in [0.717, 1.165) is 19.3 Å². The maximum absolute atomic E-state index is 11.5. The van der Waals surface area contributed by atoms with E-state index >= 15 is 0 Å². The van der Waals surface area contributed by atoms with Gasteiger partial charge in [-0.15, -0.1) is 0 Å². The summed E-state index contributed by atoms with van der Waals surface area (Å²) in [5.74, 6) is -1.59. The largest absolute Gasteiger partial charge is 0.480 e. The number of carboxylic acid groups (broad SMARTS) is 1. The molecule has 0 spiro atoms. The Morgan fingerprint density at radius 2 is 2.06 bits per heavy atom. The van der Waals surface area contributed by atoms with E-state index in [0.29, 0.717) is 6.54 Å². The van der Waals surface area contributed by atoms with E-state index in [1.165, 1.54) is 0 Å². The number of hydrogen-bond acceptors (Lipinski definition) is 4. The molecule has 0 aromatic heterocycles. The minimum atomic E-state index is -1.23. The van der Waals surface area contributed by atoms with Crippen molar-refractivity contribution >= 4 is 11.9 Å². The Morgan fingerprint density at radius 1 is 1.44 bits per heavy atom. The molecule has 0 saturated heterocycles. The van der Waals surface area contributed by atoms with Crippen molar-refractivity contribution in [1.82, 2.24) is 5.32 Å². The molecule has 1 rings (SSSR count). The molecular formula is C10H18N2O4. The van der Waals surface area contributed by atoms with Gasteiger partial charge in [0.1, 0.15) is 6.04 Å². The molecule has 5 N–H and O–H groups in total. The zero-order valence-electron chi connectivity index (χ0n) is 9.11. The van der Waals surface area contributed by atoms with Crippen LogP contribution in [0.25, 0.3) is 0 Å². The molecule has 0 unspecified atom stereocenters. The summed E-state index contributed by atoms with van der Waals surface area (Å²) in [4.78, 5) is 22.1. The van der Waals surface area contributed by atoms with Crippen LogP contribution in [0.1, 0.15) is 25.7 Å². The highest BCUT2D eigenvalue weighted by molar-refractivity contribution is 5.84. The van der Waals surface area contributed by atoms with Crippen molar-refractivity contribution in [3.8, 4) is 0 Å². The summed E-state index contributed by atoms with van der Waals surface area (Å²) >= 11 is 0. The smallest absolute Gasteiger partial charge is 0.328 e. The van der Waals surface area contributed by atoms with Gasteiger partial charge in [-0.2, -0.15) is 0 Å². The Balaban J connectivity index is 2.43. The van der Waals surface area contributed by atoms with Gasteiger partial charge >= 0.3 is 5.97 Å². The molecule has 0 heterocycles. The Morgan fingerprint density at radius 3 is 2.38 bits per heavy atom. The number of carboxylic acids is 1. The quantitative estimate of drug-likeness (QED) is 0.471. The lowest BCUT2D eigenvalue weighted by atomic mass is 9.66. The number of nitrogens with one attached hydrogen (secondary N) is 1. The van der Waals surface area contributed by atoms with Gasteiger partial charge in [0.2, 0.25) is 5.91 Å². The third-order valence-corrected chi connectivity index (χ3v) is 3.20. The normalized spacial score (nSPS) is 19.6. The highest BCUT2D eigenvalue weighted by Crippen LogP contribution is 2.42. The Kier molecular flexibility index (Phi) is 4.26. The summed E-state index contributed by atoms with van der Waals surface area (Å²) in [6, 6.07) is -1.22. The fourth-order valence-electron chi connectivity index (χ4n) is 1.90. The van der Waals surface area contributed by atoms with Crippen molar-refractivity contribution in [2.24, 2.45) is 11.1 Å². The molecule has 1 atom stereocenters. The van der Waals surface area contributed by atoms with Crippen LogP contribution in [0.5, 0.6) is 0 Å². The number of carbonyl (C=O) groups is 2. The summed E-state index contributed by atoms with van der Waals surface area (Å²) in [5.41, 5.74) is 5.44. The average Bonchev–Trinajstić information content (AvgIpc) is 2.19. The van der Waals surface area contributed by atoms with Gasteiger partial charge in [-0.25, -0.2) is 4.79 Å². The minimum Gasteiger partial charge on any atom is -0.480 e. The second kappa shape index (κ2) is 5.27. The van der Waals surface area contributed by atoms with Crippen molar-refractivity contribution in [3.63, 3.8) is 0 Å². The van der Waals surface area contributed by atoms with Gasteiger partial charge in [0.15, 0.2) is 0 Å². The van der Waals surface area contributed by atoms with E-state index < -0.39 is 18.6 Å². The fourth-order valence-corrected chi connectivity index (χ4v) is 1.90. The molecule has 0 aromatic carbocycles. The first-order valence-corrected chi connectivity index (χ1v) is 5.36. The van der Waals surface area contributed by atoms with Crippen LogP contribution in [0.3, 0.4) is 0 Å². The second-order valence-corrected chi connectivity index (χ2v) is 4.38. The number of amides is 1. The summed E-state index contributed by atoms with van der Waals surface area (Å²) < 4.78 is 0. The second-order valence-electron chi connectivity index (χ2n) is 4.38. The topological polar surface area (TPSA) is 113 Å². The highest BCUT2D eigenvalue weighted by Gasteiger charge is 2.38. The molecule has 0 radical (unpaired) electrons. The lowest BCUT2D eigenvalue weighted by Gasteiger charge is -2.40. The van der Waals surface area contributed by atoms with E-state index in [2.05, 4.69) is 5.32 Å². The zero-order chi connectivity index (χ0) is 12.2. The van der Waals surface area contributed by atoms with Crippen LogP contribution in [0.2, 0.25) is 0 Å². The van der Waals surface area contributed by atoms with Crippen LogP contribution in [0.15, 0.2) is 0 Å². The molecule has 6 nitrogen and oxygen atoms in total. The van der Waals surface area contributed by atoms with Gasteiger partial charge in [0, 0.05) is 6.42 Å².